The smallest absolute Gasteiger partial charge is 0.262 e. The summed E-state index contributed by atoms with van der Waals surface area (Å²) in [6.07, 6.45) is 0. The van der Waals surface area contributed by atoms with Crippen molar-refractivity contribution in [2.75, 3.05) is 11.9 Å². The fraction of sp³-hybridized carbons (Fsp3) is 0.133. The van der Waals surface area contributed by atoms with Crippen LogP contribution in [0.4, 0.5) is 5.69 Å². The number of hydrogen-bond acceptors (Lipinski definition) is 3. The van der Waals surface area contributed by atoms with Crippen LogP contribution < -0.4 is 10.8 Å². The average molecular weight is 256 g/mol. The predicted octanol–water partition coefficient (Wildman–Crippen LogP) is 2.35. The van der Waals surface area contributed by atoms with Gasteiger partial charge in [0, 0.05) is 5.69 Å². The lowest BCUT2D eigenvalue weighted by atomic mass is 10.2. The van der Waals surface area contributed by atoms with Gasteiger partial charge in [-0.05, 0) is 17.7 Å². The summed E-state index contributed by atoms with van der Waals surface area (Å²) >= 11 is 0. The molecule has 4 nitrogen and oxygen atoms in total. The van der Waals surface area contributed by atoms with E-state index in [1.54, 1.807) is 0 Å². The van der Waals surface area contributed by atoms with E-state index in [9.17, 15) is 4.79 Å². The minimum atomic E-state index is -0.209. The summed E-state index contributed by atoms with van der Waals surface area (Å²) in [5, 5.41) is 3.00. The molecular weight excluding hydrogens is 240 g/mol. The third-order valence-electron chi connectivity index (χ3n) is 2.49. The number of amides is 1. The normalized spacial score (nSPS) is 9.89. The number of hydrogen-bond donors (Lipinski definition) is 2. The Morgan fingerprint density at radius 3 is 2.26 bits per heavy atom. The molecule has 0 spiro atoms. The van der Waals surface area contributed by atoms with Gasteiger partial charge in [0.15, 0.2) is 0 Å². The van der Waals surface area contributed by atoms with Crippen LogP contribution >= 0.6 is 0 Å². The predicted molar refractivity (Wildman–Crippen MR) is 74.3 cm³/mol. The van der Waals surface area contributed by atoms with Crippen molar-refractivity contribution in [3.63, 3.8) is 0 Å². The van der Waals surface area contributed by atoms with Crippen LogP contribution in [-0.2, 0) is 16.2 Å². The van der Waals surface area contributed by atoms with Crippen molar-refractivity contribution in [2.45, 2.75) is 6.61 Å². The molecule has 0 saturated heterocycles. The third kappa shape index (κ3) is 4.81. The number of carbonyl (C=O) groups is 1. The van der Waals surface area contributed by atoms with Crippen LogP contribution in [0.2, 0.25) is 0 Å². The van der Waals surface area contributed by atoms with Crippen LogP contribution in [0, 0.1) is 0 Å². The van der Waals surface area contributed by atoms with E-state index < -0.39 is 0 Å². The second-order valence-electron chi connectivity index (χ2n) is 4.02. The van der Waals surface area contributed by atoms with Gasteiger partial charge in [0.05, 0.1) is 13.2 Å². The highest BCUT2D eigenvalue weighted by atomic mass is 16.6. The van der Waals surface area contributed by atoms with E-state index in [1.165, 1.54) is 0 Å². The molecule has 0 bridgehead atoms. The first-order valence-corrected chi connectivity index (χ1v) is 6.08. The molecule has 0 heterocycles. The second-order valence-corrected chi connectivity index (χ2v) is 4.02. The number of rotatable bonds is 6. The molecule has 0 saturated carbocycles. The van der Waals surface area contributed by atoms with E-state index in [4.69, 9.17) is 4.84 Å². The van der Waals surface area contributed by atoms with Gasteiger partial charge in [-0.2, -0.15) is 0 Å². The molecule has 98 valence electrons. The van der Waals surface area contributed by atoms with Crippen LogP contribution in [0.25, 0.3) is 0 Å². The molecule has 2 rings (SSSR count). The third-order valence-corrected chi connectivity index (χ3v) is 2.49. The van der Waals surface area contributed by atoms with Crippen LogP contribution in [0.5, 0.6) is 0 Å². The summed E-state index contributed by atoms with van der Waals surface area (Å²) in [6.45, 7) is 0.538. The lowest BCUT2D eigenvalue weighted by molar-refractivity contribution is -0.132. The maximum absolute atomic E-state index is 11.5. The lowest BCUT2D eigenvalue weighted by Crippen LogP contribution is -2.29. The van der Waals surface area contributed by atoms with Gasteiger partial charge in [0.2, 0.25) is 0 Å². The molecule has 2 aromatic carbocycles. The molecule has 19 heavy (non-hydrogen) atoms. The summed E-state index contributed by atoms with van der Waals surface area (Å²) in [7, 11) is 0. The molecule has 1 amide bonds. The van der Waals surface area contributed by atoms with Gasteiger partial charge in [-0.25, -0.2) is 5.48 Å². The van der Waals surface area contributed by atoms with Crippen LogP contribution in [0.15, 0.2) is 60.7 Å². The number of nitrogens with one attached hydrogen (secondary N) is 2. The van der Waals surface area contributed by atoms with E-state index in [-0.39, 0.29) is 12.5 Å². The highest BCUT2D eigenvalue weighted by Crippen LogP contribution is 2.03. The first-order valence-electron chi connectivity index (χ1n) is 6.08. The lowest BCUT2D eigenvalue weighted by Gasteiger charge is -2.07. The maximum atomic E-state index is 11.5. The Bertz CT molecular complexity index is 500. The average Bonchev–Trinajstić information content (AvgIpc) is 2.47. The molecule has 2 aromatic rings. The van der Waals surface area contributed by atoms with Crippen molar-refractivity contribution >= 4 is 11.6 Å². The van der Waals surface area contributed by atoms with E-state index in [2.05, 4.69) is 10.8 Å². The molecule has 0 atom stereocenters. The second kappa shape index (κ2) is 7.18. The topological polar surface area (TPSA) is 50.4 Å². The van der Waals surface area contributed by atoms with Crippen LogP contribution in [0.1, 0.15) is 5.56 Å². The molecule has 0 aliphatic rings. The largest absolute Gasteiger partial charge is 0.376 e. The summed E-state index contributed by atoms with van der Waals surface area (Å²) in [5.74, 6) is -0.209. The Kier molecular flexibility index (Phi) is 4.96. The fourth-order valence-corrected chi connectivity index (χ4v) is 1.55. The first-order chi connectivity index (χ1) is 9.34. The van der Waals surface area contributed by atoms with Crippen molar-refractivity contribution in [2.24, 2.45) is 0 Å². The molecule has 0 unspecified atom stereocenters. The zero-order valence-corrected chi connectivity index (χ0v) is 10.5. The molecule has 4 heteroatoms. The van der Waals surface area contributed by atoms with Gasteiger partial charge < -0.3 is 5.32 Å². The van der Waals surface area contributed by atoms with Gasteiger partial charge >= 0.3 is 0 Å². The van der Waals surface area contributed by atoms with Crippen LogP contribution in [-0.4, -0.2) is 12.5 Å². The molecule has 0 aliphatic heterocycles. The number of anilines is 1. The minimum Gasteiger partial charge on any atom is -0.376 e. The van der Waals surface area contributed by atoms with Gasteiger partial charge in [0.1, 0.15) is 0 Å². The van der Waals surface area contributed by atoms with E-state index >= 15 is 0 Å². The Morgan fingerprint density at radius 2 is 1.58 bits per heavy atom. The fourth-order valence-electron chi connectivity index (χ4n) is 1.55. The highest BCUT2D eigenvalue weighted by molar-refractivity contribution is 5.79. The zero-order valence-electron chi connectivity index (χ0n) is 10.5. The number of hydroxylamine groups is 1. The number of carbonyl (C=O) groups excluding carboxylic acids is 1. The maximum Gasteiger partial charge on any atom is 0.262 e. The molecule has 0 aromatic heterocycles. The Hall–Kier alpha value is -2.33. The van der Waals surface area contributed by atoms with Gasteiger partial charge in [-0.3, -0.25) is 9.63 Å². The quantitative estimate of drug-likeness (QED) is 0.780. The summed E-state index contributed by atoms with van der Waals surface area (Å²) in [6, 6.07) is 19.2. The molecule has 2 N–H and O–H groups in total. The molecule has 0 aliphatic carbocycles. The van der Waals surface area contributed by atoms with Gasteiger partial charge in [-0.15, -0.1) is 0 Å². The van der Waals surface area contributed by atoms with Gasteiger partial charge in [-0.1, -0.05) is 48.5 Å². The van der Waals surface area contributed by atoms with Crippen molar-refractivity contribution in [3.05, 3.63) is 66.2 Å². The van der Waals surface area contributed by atoms with Gasteiger partial charge in [0.25, 0.3) is 5.91 Å². The van der Waals surface area contributed by atoms with Crippen molar-refractivity contribution in [1.29, 1.82) is 0 Å². The molecule has 0 fully saturated rings. The summed E-state index contributed by atoms with van der Waals surface area (Å²) < 4.78 is 0. The van der Waals surface area contributed by atoms with E-state index in [1.807, 2.05) is 60.7 Å². The minimum absolute atomic E-state index is 0.179. The van der Waals surface area contributed by atoms with Crippen molar-refractivity contribution in [1.82, 2.24) is 5.48 Å². The summed E-state index contributed by atoms with van der Waals surface area (Å²) in [5.41, 5.74) is 4.32. The monoisotopic (exact) mass is 256 g/mol. The molecule has 0 radical (unpaired) electrons. The van der Waals surface area contributed by atoms with Crippen LogP contribution in [0.3, 0.4) is 0 Å². The standard InChI is InChI=1S/C15H16N2O2/c18-15(11-16-14-9-5-2-6-10-14)17-19-12-13-7-3-1-4-8-13/h1-10,16H,11-12H2,(H,17,18). The molecular formula is C15H16N2O2. The highest BCUT2D eigenvalue weighted by Gasteiger charge is 2.00. The SMILES string of the molecule is O=C(CNc1ccccc1)NOCc1ccccc1. The Labute approximate surface area is 112 Å². The number of para-hydroxylation sites is 1. The first kappa shape index (κ1) is 13.1. The summed E-state index contributed by atoms with van der Waals surface area (Å²) in [4.78, 5) is 16.6. The van der Waals surface area contributed by atoms with Crippen molar-refractivity contribution in [3.8, 4) is 0 Å². The number of benzene rings is 2. The van der Waals surface area contributed by atoms with Crippen molar-refractivity contribution < 1.29 is 9.63 Å². The Morgan fingerprint density at radius 1 is 0.947 bits per heavy atom. The Balaban J connectivity index is 1.65. The van der Waals surface area contributed by atoms with E-state index in [0.717, 1.165) is 11.3 Å². The zero-order chi connectivity index (χ0) is 13.3. The van der Waals surface area contributed by atoms with E-state index in [0.29, 0.717) is 6.61 Å².